The van der Waals surface area contributed by atoms with Gasteiger partial charge in [0.1, 0.15) is 0 Å². The molecule has 0 unspecified atom stereocenters. The van der Waals surface area contributed by atoms with Gasteiger partial charge in [-0.1, -0.05) is 5.92 Å². The number of hydrogen-bond donors (Lipinski definition) is 0. The van der Waals surface area contributed by atoms with Gasteiger partial charge in [-0.05, 0) is 27.7 Å². The molecule has 0 bridgehead atoms. The Balaban J connectivity index is 3.61. The molecule has 0 N–H and O–H groups in total. The topological polar surface area (TPSA) is 9.23 Å². The van der Waals surface area contributed by atoms with Crippen LogP contribution < -0.4 is 0 Å². The third-order valence-corrected chi connectivity index (χ3v) is 0.717. The predicted molar refractivity (Wildman–Crippen MR) is 43.4 cm³/mol. The zero-order chi connectivity index (χ0) is 8.04. The van der Waals surface area contributed by atoms with Crippen molar-refractivity contribution < 1.29 is 4.74 Å². The van der Waals surface area contributed by atoms with Crippen LogP contribution in [0.4, 0.5) is 0 Å². The second-order valence-corrected chi connectivity index (χ2v) is 2.93. The van der Waals surface area contributed by atoms with Crippen molar-refractivity contribution in [3.05, 3.63) is 12.3 Å². The third-order valence-electron chi connectivity index (χ3n) is 0.717. The molecule has 1 nitrogen and oxygen atoms in total. The molecule has 0 atom stereocenters. The maximum Gasteiger partial charge on any atom is 0.0998 e. The Hall–Kier alpha value is -0.900. The summed E-state index contributed by atoms with van der Waals surface area (Å²) in [5.41, 5.74) is -0.105. The highest BCUT2D eigenvalue weighted by atomic mass is 16.5. The second kappa shape index (κ2) is 4.00. The highest BCUT2D eigenvalue weighted by Gasteiger charge is 2.06. The van der Waals surface area contributed by atoms with Crippen molar-refractivity contribution in [2.45, 2.75) is 33.3 Å². The van der Waals surface area contributed by atoms with Crippen LogP contribution in [0, 0.1) is 11.8 Å². The van der Waals surface area contributed by atoms with Gasteiger partial charge in [0.05, 0.1) is 11.9 Å². The molecular formula is C9H14O. The lowest BCUT2D eigenvalue weighted by Crippen LogP contribution is -2.15. The minimum atomic E-state index is -0.105. The molecule has 0 amide bonds. The molecule has 0 rings (SSSR count). The van der Waals surface area contributed by atoms with E-state index in [-0.39, 0.29) is 5.60 Å². The molecule has 1 heteroatoms. The molecule has 56 valence electrons. The highest BCUT2D eigenvalue weighted by molar-refractivity contribution is 5.11. The zero-order valence-electron chi connectivity index (χ0n) is 7.06. The summed E-state index contributed by atoms with van der Waals surface area (Å²) in [7, 11) is 0. The van der Waals surface area contributed by atoms with Gasteiger partial charge in [0.2, 0.25) is 0 Å². The number of hydrogen-bond acceptors (Lipinski definition) is 1. The molecule has 0 aliphatic carbocycles. The lowest BCUT2D eigenvalue weighted by Gasteiger charge is -2.16. The molecule has 0 spiro atoms. The summed E-state index contributed by atoms with van der Waals surface area (Å²) >= 11 is 0. The molecule has 0 fully saturated rings. The van der Waals surface area contributed by atoms with E-state index in [2.05, 4.69) is 11.8 Å². The molecule has 0 saturated heterocycles. The number of allylic oxidation sites excluding steroid dienone is 1. The molecule has 0 heterocycles. The van der Waals surface area contributed by atoms with Crippen LogP contribution in [-0.2, 0) is 4.74 Å². The van der Waals surface area contributed by atoms with E-state index in [1.165, 1.54) is 0 Å². The Kier molecular flexibility index (Phi) is 3.64. The van der Waals surface area contributed by atoms with Gasteiger partial charge in [-0.25, -0.2) is 0 Å². The van der Waals surface area contributed by atoms with Crippen molar-refractivity contribution in [3.8, 4) is 11.8 Å². The largest absolute Gasteiger partial charge is 0.495 e. The summed E-state index contributed by atoms with van der Waals surface area (Å²) in [5.74, 6) is 5.50. The minimum absolute atomic E-state index is 0.105. The van der Waals surface area contributed by atoms with Crippen molar-refractivity contribution in [1.82, 2.24) is 0 Å². The van der Waals surface area contributed by atoms with E-state index in [1.54, 1.807) is 19.3 Å². The van der Waals surface area contributed by atoms with E-state index in [4.69, 9.17) is 4.74 Å². The second-order valence-electron chi connectivity index (χ2n) is 2.93. The van der Waals surface area contributed by atoms with Crippen molar-refractivity contribution >= 4 is 0 Å². The third kappa shape index (κ3) is 7.10. The van der Waals surface area contributed by atoms with Crippen molar-refractivity contribution in [3.63, 3.8) is 0 Å². The Labute approximate surface area is 63.1 Å². The molecule has 0 aromatic carbocycles. The predicted octanol–water partition coefficient (Wildman–Crippen LogP) is 2.34. The van der Waals surface area contributed by atoms with Gasteiger partial charge < -0.3 is 4.74 Å². The molecule has 0 aromatic heterocycles. The molecule has 0 aliphatic heterocycles. The fraction of sp³-hybridized carbons (Fsp3) is 0.556. The van der Waals surface area contributed by atoms with Crippen molar-refractivity contribution in [1.29, 1.82) is 0 Å². The SMILES string of the molecule is CC#C/C=C/OC(C)(C)C. The normalized spacial score (nSPS) is 10.8. The molecular weight excluding hydrogens is 124 g/mol. The average Bonchev–Trinajstić information content (AvgIpc) is 1.78. The van der Waals surface area contributed by atoms with E-state index < -0.39 is 0 Å². The summed E-state index contributed by atoms with van der Waals surface area (Å²) in [6, 6.07) is 0. The van der Waals surface area contributed by atoms with Gasteiger partial charge in [-0.2, -0.15) is 0 Å². The van der Waals surface area contributed by atoms with Gasteiger partial charge in [-0.15, -0.1) is 5.92 Å². The Bertz CT molecular complexity index is 161. The van der Waals surface area contributed by atoms with Crippen LogP contribution in [0.5, 0.6) is 0 Å². The fourth-order valence-corrected chi connectivity index (χ4v) is 0.355. The molecule has 0 aliphatic rings. The van der Waals surface area contributed by atoms with Gasteiger partial charge in [0.15, 0.2) is 0 Å². The van der Waals surface area contributed by atoms with Crippen LogP contribution in [0.3, 0.4) is 0 Å². The van der Waals surface area contributed by atoms with Crippen LogP contribution >= 0.6 is 0 Å². The van der Waals surface area contributed by atoms with E-state index in [0.29, 0.717) is 0 Å². The quantitative estimate of drug-likeness (QED) is 0.399. The summed E-state index contributed by atoms with van der Waals surface area (Å²) in [5, 5.41) is 0. The summed E-state index contributed by atoms with van der Waals surface area (Å²) < 4.78 is 5.25. The van der Waals surface area contributed by atoms with E-state index in [1.807, 2.05) is 20.8 Å². The maximum atomic E-state index is 5.25. The molecule has 0 radical (unpaired) electrons. The lowest BCUT2D eigenvalue weighted by atomic mass is 10.2. The Morgan fingerprint density at radius 1 is 1.30 bits per heavy atom. The van der Waals surface area contributed by atoms with Gasteiger partial charge >= 0.3 is 0 Å². The molecule has 0 saturated carbocycles. The first-order valence-electron chi connectivity index (χ1n) is 3.31. The highest BCUT2D eigenvalue weighted by Crippen LogP contribution is 2.05. The number of rotatable bonds is 1. The smallest absolute Gasteiger partial charge is 0.0998 e. The first kappa shape index (κ1) is 9.10. The van der Waals surface area contributed by atoms with E-state index in [9.17, 15) is 0 Å². The Morgan fingerprint density at radius 2 is 1.90 bits per heavy atom. The summed E-state index contributed by atoms with van der Waals surface area (Å²) in [4.78, 5) is 0. The van der Waals surface area contributed by atoms with Gasteiger partial charge in [0, 0.05) is 6.08 Å². The van der Waals surface area contributed by atoms with Crippen LogP contribution in [0.15, 0.2) is 12.3 Å². The lowest BCUT2D eigenvalue weighted by molar-refractivity contribution is 0.0768. The van der Waals surface area contributed by atoms with E-state index in [0.717, 1.165) is 0 Å². The average molecular weight is 138 g/mol. The Morgan fingerprint density at radius 3 is 2.30 bits per heavy atom. The zero-order valence-corrected chi connectivity index (χ0v) is 7.06. The fourth-order valence-electron chi connectivity index (χ4n) is 0.355. The van der Waals surface area contributed by atoms with Crippen LogP contribution in [0.2, 0.25) is 0 Å². The monoisotopic (exact) mass is 138 g/mol. The van der Waals surface area contributed by atoms with Gasteiger partial charge in [-0.3, -0.25) is 0 Å². The van der Waals surface area contributed by atoms with Crippen LogP contribution in [0.1, 0.15) is 27.7 Å². The van der Waals surface area contributed by atoms with Crippen LogP contribution in [-0.4, -0.2) is 5.60 Å². The van der Waals surface area contributed by atoms with Crippen molar-refractivity contribution in [2.75, 3.05) is 0 Å². The summed E-state index contributed by atoms with van der Waals surface area (Å²) in [6.07, 6.45) is 3.32. The first-order chi connectivity index (χ1) is 4.56. The molecule has 0 aromatic rings. The van der Waals surface area contributed by atoms with Crippen LogP contribution in [0.25, 0.3) is 0 Å². The van der Waals surface area contributed by atoms with Crippen molar-refractivity contribution in [2.24, 2.45) is 0 Å². The minimum Gasteiger partial charge on any atom is -0.495 e. The summed E-state index contributed by atoms with van der Waals surface area (Å²) in [6.45, 7) is 7.78. The maximum absolute atomic E-state index is 5.25. The standard InChI is InChI=1S/C9H14O/c1-5-6-7-8-10-9(2,3)4/h7-8H,1-4H3/b8-7+. The number of ether oxygens (including phenoxy) is 1. The first-order valence-corrected chi connectivity index (χ1v) is 3.31. The van der Waals surface area contributed by atoms with E-state index >= 15 is 0 Å². The molecule has 10 heavy (non-hydrogen) atoms. The van der Waals surface area contributed by atoms with Gasteiger partial charge in [0.25, 0.3) is 0 Å².